The molecule has 1 aromatic heterocycles. The SMILES string of the molecule is Cc1cc(Br)cc(-c2cnc(CCCN)o2)c1. The fourth-order valence-corrected chi connectivity index (χ4v) is 2.30. The molecule has 0 aliphatic heterocycles. The van der Waals surface area contributed by atoms with Gasteiger partial charge in [-0.15, -0.1) is 0 Å². The standard InChI is InChI=1S/C13H15BrN2O/c1-9-5-10(7-11(14)6-9)12-8-16-13(17-12)3-2-4-15/h5-8H,2-4,15H2,1H3. The van der Waals surface area contributed by atoms with Gasteiger partial charge in [-0.1, -0.05) is 15.9 Å². The van der Waals surface area contributed by atoms with Gasteiger partial charge in [0.25, 0.3) is 0 Å². The minimum atomic E-state index is 0.660. The molecule has 0 spiro atoms. The lowest BCUT2D eigenvalue weighted by molar-refractivity contribution is 0.499. The Hall–Kier alpha value is -1.13. The van der Waals surface area contributed by atoms with E-state index in [4.69, 9.17) is 10.2 Å². The fourth-order valence-electron chi connectivity index (χ4n) is 1.69. The monoisotopic (exact) mass is 294 g/mol. The molecule has 0 aliphatic rings. The van der Waals surface area contributed by atoms with Gasteiger partial charge in [0.05, 0.1) is 6.20 Å². The topological polar surface area (TPSA) is 52.0 Å². The van der Waals surface area contributed by atoms with Gasteiger partial charge < -0.3 is 10.2 Å². The third-order valence-electron chi connectivity index (χ3n) is 2.47. The van der Waals surface area contributed by atoms with Crippen molar-refractivity contribution in [2.24, 2.45) is 5.73 Å². The van der Waals surface area contributed by atoms with Gasteiger partial charge in [0.1, 0.15) is 0 Å². The Balaban J connectivity index is 2.24. The lowest BCUT2D eigenvalue weighted by atomic mass is 10.1. The molecule has 0 atom stereocenters. The number of nitrogens with zero attached hydrogens (tertiary/aromatic N) is 1. The van der Waals surface area contributed by atoms with Crippen molar-refractivity contribution >= 4 is 15.9 Å². The van der Waals surface area contributed by atoms with Crippen molar-refractivity contribution < 1.29 is 4.42 Å². The summed E-state index contributed by atoms with van der Waals surface area (Å²) in [6.07, 6.45) is 3.47. The molecule has 2 aromatic rings. The molecule has 0 unspecified atom stereocenters. The molecule has 0 aliphatic carbocycles. The lowest BCUT2D eigenvalue weighted by Crippen LogP contribution is -2.00. The van der Waals surface area contributed by atoms with E-state index in [1.165, 1.54) is 5.56 Å². The number of nitrogens with two attached hydrogens (primary N) is 1. The number of aryl methyl sites for hydroxylation is 2. The van der Waals surface area contributed by atoms with Crippen molar-refractivity contribution in [1.82, 2.24) is 4.98 Å². The highest BCUT2D eigenvalue weighted by molar-refractivity contribution is 9.10. The zero-order chi connectivity index (χ0) is 12.3. The van der Waals surface area contributed by atoms with E-state index in [1.807, 2.05) is 6.07 Å². The van der Waals surface area contributed by atoms with Crippen LogP contribution in [0.5, 0.6) is 0 Å². The number of rotatable bonds is 4. The second-order valence-corrected chi connectivity index (χ2v) is 4.94. The minimum Gasteiger partial charge on any atom is -0.441 e. The van der Waals surface area contributed by atoms with Crippen LogP contribution < -0.4 is 5.73 Å². The zero-order valence-corrected chi connectivity index (χ0v) is 11.3. The average Bonchev–Trinajstić information content (AvgIpc) is 2.73. The largest absolute Gasteiger partial charge is 0.441 e. The second-order valence-electron chi connectivity index (χ2n) is 4.03. The van der Waals surface area contributed by atoms with Crippen LogP contribution in [0.4, 0.5) is 0 Å². The highest BCUT2D eigenvalue weighted by Crippen LogP contribution is 2.25. The molecule has 1 aromatic carbocycles. The molecular formula is C13H15BrN2O. The maximum atomic E-state index is 5.69. The number of halogens is 1. The molecule has 0 radical (unpaired) electrons. The van der Waals surface area contributed by atoms with Gasteiger partial charge in [0.2, 0.25) is 0 Å². The highest BCUT2D eigenvalue weighted by atomic mass is 79.9. The van der Waals surface area contributed by atoms with Crippen molar-refractivity contribution in [2.75, 3.05) is 6.54 Å². The number of aromatic nitrogens is 1. The van der Waals surface area contributed by atoms with Crippen LogP contribution in [0, 0.1) is 6.92 Å². The molecule has 0 bridgehead atoms. The number of benzene rings is 1. The smallest absolute Gasteiger partial charge is 0.194 e. The summed E-state index contributed by atoms with van der Waals surface area (Å²) in [7, 11) is 0. The summed E-state index contributed by atoms with van der Waals surface area (Å²) in [5.41, 5.74) is 7.69. The number of hydrogen-bond donors (Lipinski definition) is 1. The Labute approximate surface area is 109 Å². The van der Waals surface area contributed by atoms with Crippen molar-refractivity contribution in [3.05, 3.63) is 40.3 Å². The van der Waals surface area contributed by atoms with Gasteiger partial charge in [-0.2, -0.15) is 0 Å². The Morgan fingerprint density at radius 1 is 1.35 bits per heavy atom. The molecule has 1 heterocycles. The Bertz CT molecular complexity index is 488. The molecule has 0 fully saturated rings. The molecule has 0 saturated heterocycles. The van der Waals surface area contributed by atoms with Crippen LogP contribution in [0.1, 0.15) is 17.9 Å². The third kappa shape index (κ3) is 3.17. The minimum absolute atomic E-state index is 0.660. The van der Waals surface area contributed by atoms with Crippen molar-refractivity contribution in [3.8, 4) is 11.3 Å². The van der Waals surface area contributed by atoms with Crippen molar-refractivity contribution in [3.63, 3.8) is 0 Å². The van der Waals surface area contributed by atoms with Crippen LogP contribution >= 0.6 is 15.9 Å². The highest BCUT2D eigenvalue weighted by Gasteiger charge is 2.07. The maximum Gasteiger partial charge on any atom is 0.194 e. The Morgan fingerprint density at radius 2 is 2.18 bits per heavy atom. The molecule has 17 heavy (non-hydrogen) atoms. The van der Waals surface area contributed by atoms with E-state index < -0.39 is 0 Å². The van der Waals surface area contributed by atoms with Gasteiger partial charge in [-0.3, -0.25) is 0 Å². The second kappa shape index (κ2) is 5.47. The molecule has 90 valence electrons. The first-order chi connectivity index (χ1) is 8.19. The van der Waals surface area contributed by atoms with E-state index in [2.05, 4.69) is 40.0 Å². The predicted molar refractivity (Wildman–Crippen MR) is 71.8 cm³/mol. The first kappa shape index (κ1) is 12.3. The van der Waals surface area contributed by atoms with Gasteiger partial charge in [0, 0.05) is 16.5 Å². The van der Waals surface area contributed by atoms with Gasteiger partial charge in [-0.25, -0.2) is 4.98 Å². The van der Waals surface area contributed by atoms with Gasteiger partial charge in [-0.05, 0) is 43.7 Å². The molecule has 0 saturated carbocycles. The predicted octanol–water partition coefficient (Wildman–Crippen LogP) is 3.30. The van der Waals surface area contributed by atoms with Crippen LogP contribution in [0.25, 0.3) is 11.3 Å². The zero-order valence-electron chi connectivity index (χ0n) is 9.74. The summed E-state index contributed by atoms with van der Waals surface area (Å²) in [5.74, 6) is 1.56. The normalized spacial score (nSPS) is 10.8. The summed E-state index contributed by atoms with van der Waals surface area (Å²) < 4.78 is 6.74. The summed E-state index contributed by atoms with van der Waals surface area (Å²) in [5, 5.41) is 0. The fraction of sp³-hybridized carbons (Fsp3) is 0.308. The summed E-state index contributed by atoms with van der Waals surface area (Å²) >= 11 is 3.48. The average molecular weight is 295 g/mol. The van der Waals surface area contributed by atoms with E-state index in [9.17, 15) is 0 Å². The van der Waals surface area contributed by atoms with Crippen molar-refractivity contribution in [1.29, 1.82) is 0 Å². The molecule has 0 amide bonds. The van der Waals surface area contributed by atoms with E-state index in [0.717, 1.165) is 34.5 Å². The molecular weight excluding hydrogens is 280 g/mol. The molecule has 3 nitrogen and oxygen atoms in total. The quantitative estimate of drug-likeness (QED) is 0.941. The van der Waals surface area contributed by atoms with Crippen LogP contribution in [-0.4, -0.2) is 11.5 Å². The summed E-state index contributed by atoms with van der Waals surface area (Å²) in [4.78, 5) is 4.25. The number of hydrogen-bond acceptors (Lipinski definition) is 3. The molecule has 2 N–H and O–H groups in total. The molecule has 4 heteroatoms. The summed E-state index contributed by atoms with van der Waals surface area (Å²) in [6.45, 7) is 2.72. The third-order valence-corrected chi connectivity index (χ3v) is 2.93. The lowest BCUT2D eigenvalue weighted by Gasteiger charge is -2.00. The van der Waals surface area contributed by atoms with Crippen LogP contribution in [-0.2, 0) is 6.42 Å². The summed E-state index contributed by atoms with van der Waals surface area (Å²) in [6, 6.07) is 6.17. The van der Waals surface area contributed by atoms with Crippen LogP contribution in [0.2, 0.25) is 0 Å². The van der Waals surface area contributed by atoms with E-state index >= 15 is 0 Å². The van der Waals surface area contributed by atoms with Crippen LogP contribution in [0.3, 0.4) is 0 Å². The Kier molecular flexibility index (Phi) is 3.97. The van der Waals surface area contributed by atoms with Gasteiger partial charge >= 0.3 is 0 Å². The van der Waals surface area contributed by atoms with Gasteiger partial charge in [0.15, 0.2) is 11.7 Å². The molecule has 2 rings (SSSR count). The number of oxazole rings is 1. The Morgan fingerprint density at radius 3 is 2.88 bits per heavy atom. The van der Waals surface area contributed by atoms with E-state index in [0.29, 0.717) is 6.54 Å². The van der Waals surface area contributed by atoms with Crippen molar-refractivity contribution in [2.45, 2.75) is 19.8 Å². The van der Waals surface area contributed by atoms with Crippen LogP contribution in [0.15, 0.2) is 33.3 Å². The van der Waals surface area contributed by atoms with E-state index in [-0.39, 0.29) is 0 Å². The first-order valence-electron chi connectivity index (χ1n) is 5.61. The first-order valence-corrected chi connectivity index (χ1v) is 6.40. The maximum absolute atomic E-state index is 5.69. The van der Waals surface area contributed by atoms with E-state index in [1.54, 1.807) is 6.20 Å².